The topological polar surface area (TPSA) is 41.1 Å². The highest BCUT2D eigenvalue weighted by Gasteiger charge is 2.41. The van der Waals surface area contributed by atoms with Crippen molar-refractivity contribution >= 4 is 5.91 Å². The van der Waals surface area contributed by atoms with E-state index >= 15 is 0 Å². The zero-order valence-electron chi connectivity index (χ0n) is 12.1. The first-order valence-electron chi connectivity index (χ1n) is 7.53. The lowest BCUT2D eigenvalue weighted by Gasteiger charge is -2.31. The van der Waals surface area contributed by atoms with Gasteiger partial charge in [0.25, 0.3) is 0 Å². The van der Waals surface area contributed by atoms with Gasteiger partial charge in [-0.3, -0.25) is 4.79 Å². The molecule has 2 atom stereocenters. The highest BCUT2D eigenvalue weighted by Crippen LogP contribution is 2.26. The van der Waals surface area contributed by atoms with Gasteiger partial charge in [-0.15, -0.1) is 0 Å². The Labute approximate surface area is 118 Å². The number of alkyl halides is 3. The van der Waals surface area contributed by atoms with Crippen molar-refractivity contribution in [3.8, 4) is 0 Å². The van der Waals surface area contributed by atoms with Gasteiger partial charge in [-0.2, -0.15) is 13.2 Å². The summed E-state index contributed by atoms with van der Waals surface area (Å²) in [4.78, 5) is 11.7. The van der Waals surface area contributed by atoms with Crippen LogP contribution in [-0.4, -0.2) is 30.7 Å². The van der Waals surface area contributed by atoms with Crippen molar-refractivity contribution in [2.24, 2.45) is 0 Å². The summed E-state index contributed by atoms with van der Waals surface area (Å²) in [5, 5.41) is 5.27. The molecule has 1 aliphatic heterocycles. The van der Waals surface area contributed by atoms with E-state index in [1.54, 1.807) is 0 Å². The number of nitrogens with one attached hydrogen (secondary N) is 2. The zero-order valence-corrected chi connectivity index (χ0v) is 12.1. The number of carbonyl (C=O) groups excluding carboxylic acids is 1. The highest BCUT2D eigenvalue weighted by molar-refractivity contribution is 5.76. The van der Waals surface area contributed by atoms with Crippen LogP contribution < -0.4 is 10.6 Å². The summed E-state index contributed by atoms with van der Waals surface area (Å²) in [5.41, 5.74) is 0. The maximum Gasteiger partial charge on any atom is 0.403 e. The Bertz CT molecular complexity index is 287. The van der Waals surface area contributed by atoms with Crippen LogP contribution in [0.4, 0.5) is 13.2 Å². The van der Waals surface area contributed by atoms with Gasteiger partial charge >= 0.3 is 6.18 Å². The third-order valence-electron chi connectivity index (χ3n) is 3.68. The van der Waals surface area contributed by atoms with E-state index in [1.807, 2.05) is 0 Å². The fraction of sp³-hybridized carbons (Fsp3) is 0.929. The highest BCUT2D eigenvalue weighted by atomic mass is 19.4. The average molecular weight is 294 g/mol. The monoisotopic (exact) mass is 294 g/mol. The Hall–Kier alpha value is -0.780. The van der Waals surface area contributed by atoms with Gasteiger partial charge in [0.1, 0.15) is 6.04 Å². The molecule has 1 rings (SSSR count). The molecule has 2 unspecified atom stereocenters. The van der Waals surface area contributed by atoms with Crippen LogP contribution in [0.15, 0.2) is 0 Å². The molecule has 0 aliphatic carbocycles. The number of unbranched alkanes of at least 4 members (excludes halogenated alkanes) is 4. The Balaban J connectivity index is 2.12. The summed E-state index contributed by atoms with van der Waals surface area (Å²) in [6.45, 7) is 2.34. The van der Waals surface area contributed by atoms with Gasteiger partial charge in [0.05, 0.1) is 0 Å². The van der Waals surface area contributed by atoms with Gasteiger partial charge < -0.3 is 10.6 Å². The predicted molar refractivity (Wildman–Crippen MR) is 72.4 cm³/mol. The molecule has 1 saturated heterocycles. The molecule has 1 heterocycles. The van der Waals surface area contributed by atoms with Gasteiger partial charge in [-0.25, -0.2) is 0 Å². The summed E-state index contributed by atoms with van der Waals surface area (Å²) >= 11 is 0. The molecule has 0 aromatic heterocycles. The average Bonchev–Trinajstić information content (AvgIpc) is 2.38. The van der Waals surface area contributed by atoms with Crippen LogP contribution in [0.1, 0.15) is 58.3 Å². The third-order valence-corrected chi connectivity index (χ3v) is 3.68. The molecule has 1 amide bonds. The van der Waals surface area contributed by atoms with Crippen LogP contribution in [0.25, 0.3) is 0 Å². The minimum Gasteiger partial charge on any atom is -0.352 e. The molecule has 118 valence electrons. The molecule has 0 aromatic carbocycles. The predicted octanol–water partition coefficient (Wildman–Crippen LogP) is 3.15. The van der Waals surface area contributed by atoms with Gasteiger partial charge in [0, 0.05) is 19.0 Å². The smallest absolute Gasteiger partial charge is 0.352 e. The summed E-state index contributed by atoms with van der Waals surface area (Å²) < 4.78 is 37.3. The molecule has 2 N–H and O–H groups in total. The fourth-order valence-electron chi connectivity index (χ4n) is 2.45. The molecule has 0 radical (unpaired) electrons. The number of halogens is 3. The van der Waals surface area contributed by atoms with E-state index in [2.05, 4.69) is 17.6 Å². The normalized spacial score (nSPS) is 23.6. The standard InChI is InChI=1S/C14H25F3N2O/c1-2-3-4-5-6-7-13(20)19-11-8-9-12(18-10-11)14(15,16)17/h11-12,18H,2-10H2,1H3,(H,19,20). The molecule has 6 heteroatoms. The van der Waals surface area contributed by atoms with Crippen molar-refractivity contribution in [3.05, 3.63) is 0 Å². The van der Waals surface area contributed by atoms with Crippen LogP contribution in [0, 0.1) is 0 Å². The second-order valence-corrected chi connectivity index (χ2v) is 5.51. The minimum absolute atomic E-state index is 0.0327. The molecule has 0 spiro atoms. The van der Waals surface area contributed by atoms with Crippen LogP contribution in [0.2, 0.25) is 0 Å². The first-order valence-corrected chi connectivity index (χ1v) is 7.53. The summed E-state index contributed by atoms with van der Waals surface area (Å²) in [7, 11) is 0. The number of carbonyl (C=O) groups is 1. The molecular formula is C14H25F3N2O. The van der Waals surface area contributed by atoms with Crippen LogP contribution in [0.3, 0.4) is 0 Å². The van der Waals surface area contributed by atoms with Crippen molar-refractivity contribution in [2.75, 3.05) is 6.54 Å². The summed E-state index contributed by atoms with van der Waals surface area (Å²) in [6.07, 6.45) is 2.10. The maximum atomic E-state index is 12.4. The van der Waals surface area contributed by atoms with Crippen LogP contribution >= 0.6 is 0 Å². The van der Waals surface area contributed by atoms with Gasteiger partial charge in [-0.05, 0) is 19.3 Å². The molecule has 0 aromatic rings. The van der Waals surface area contributed by atoms with E-state index in [1.165, 1.54) is 12.8 Å². The Kier molecular flexibility index (Phi) is 7.34. The summed E-state index contributed by atoms with van der Waals surface area (Å²) in [6, 6.07) is -1.60. The van der Waals surface area contributed by atoms with E-state index in [-0.39, 0.29) is 24.9 Å². The molecule has 0 saturated carbocycles. The van der Waals surface area contributed by atoms with Gasteiger partial charge in [0.15, 0.2) is 0 Å². The number of piperidine rings is 1. The Morgan fingerprint density at radius 2 is 1.90 bits per heavy atom. The Morgan fingerprint density at radius 1 is 1.20 bits per heavy atom. The number of amides is 1. The number of hydrogen-bond acceptors (Lipinski definition) is 2. The third kappa shape index (κ3) is 6.59. The van der Waals surface area contributed by atoms with E-state index in [4.69, 9.17) is 0 Å². The second kappa shape index (κ2) is 8.49. The van der Waals surface area contributed by atoms with Crippen LogP contribution in [0.5, 0.6) is 0 Å². The van der Waals surface area contributed by atoms with E-state index in [9.17, 15) is 18.0 Å². The first-order chi connectivity index (χ1) is 9.43. The largest absolute Gasteiger partial charge is 0.403 e. The Morgan fingerprint density at radius 3 is 2.45 bits per heavy atom. The maximum absolute atomic E-state index is 12.4. The molecular weight excluding hydrogens is 269 g/mol. The van der Waals surface area contributed by atoms with Crippen molar-refractivity contribution < 1.29 is 18.0 Å². The molecule has 1 fully saturated rings. The lowest BCUT2D eigenvalue weighted by molar-refractivity contribution is -0.161. The van der Waals surface area contributed by atoms with E-state index < -0.39 is 12.2 Å². The quantitative estimate of drug-likeness (QED) is 0.708. The number of hydrogen-bond donors (Lipinski definition) is 2. The van der Waals surface area contributed by atoms with Crippen molar-refractivity contribution in [2.45, 2.75) is 76.6 Å². The zero-order chi connectivity index (χ0) is 15.0. The molecule has 20 heavy (non-hydrogen) atoms. The van der Waals surface area contributed by atoms with Crippen molar-refractivity contribution in [1.82, 2.24) is 10.6 Å². The van der Waals surface area contributed by atoms with E-state index in [0.717, 1.165) is 19.3 Å². The first kappa shape index (κ1) is 17.3. The van der Waals surface area contributed by atoms with Crippen LogP contribution in [-0.2, 0) is 4.79 Å². The second-order valence-electron chi connectivity index (χ2n) is 5.51. The van der Waals surface area contributed by atoms with Crippen molar-refractivity contribution in [1.29, 1.82) is 0 Å². The van der Waals surface area contributed by atoms with E-state index in [0.29, 0.717) is 12.8 Å². The SMILES string of the molecule is CCCCCCCC(=O)NC1CCC(C(F)(F)F)NC1. The lowest BCUT2D eigenvalue weighted by Crippen LogP contribution is -2.54. The molecule has 1 aliphatic rings. The summed E-state index contributed by atoms with van der Waals surface area (Å²) in [5.74, 6) is -0.0428. The van der Waals surface area contributed by atoms with Crippen molar-refractivity contribution in [3.63, 3.8) is 0 Å². The lowest BCUT2D eigenvalue weighted by atomic mass is 10.00. The number of rotatable bonds is 7. The minimum atomic E-state index is -4.19. The molecule has 0 bridgehead atoms. The fourth-order valence-corrected chi connectivity index (χ4v) is 2.45. The van der Waals surface area contributed by atoms with Gasteiger partial charge in [-0.1, -0.05) is 32.6 Å². The van der Waals surface area contributed by atoms with Gasteiger partial charge in [0.2, 0.25) is 5.91 Å². The molecule has 3 nitrogen and oxygen atoms in total.